The molecule has 0 spiro atoms. The van der Waals surface area contributed by atoms with Crippen LogP contribution in [0.4, 0.5) is 0 Å². The van der Waals surface area contributed by atoms with Crippen molar-refractivity contribution in [2.24, 2.45) is 0 Å². The highest BCUT2D eigenvalue weighted by molar-refractivity contribution is 7.54. The Hall–Kier alpha value is -1.44. The first-order chi connectivity index (χ1) is 7.25. The van der Waals surface area contributed by atoms with Gasteiger partial charge in [-0.1, -0.05) is 0 Å². The van der Waals surface area contributed by atoms with E-state index in [1.54, 1.807) is 0 Å². The average Bonchev–Trinajstić information content (AvgIpc) is 2.11. The Labute approximate surface area is 89.1 Å². The fraction of sp³-hybridized carbons (Fsp3) is 0.500. The van der Waals surface area contributed by atoms with Crippen molar-refractivity contribution in [3.8, 4) is 0 Å². The van der Waals surface area contributed by atoms with Gasteiger partial charge in [0.1, 0.15) is 6.16 Å². The molecule has 10 heteroatoms. The zero-order chi connectivity index (χ0) is 12.8. The molecule has 9 nitrogen and oxygen atoms in total. The molecule has 16 heavy (non-hydrogen) atoms. The van der Waals surface area contributed by atoms with Crippen molar-refractivity contribution >= 4 is 25.5 Å². The highest BCUT2D eigenvalue weighted by atomic mass is 31.2. The predicted molar refractivity (Wildman–Crippen MR) is 47.3 cm³/mol. The normalized spacial score (nSPS) is 11.0. The van der Waals surface area contributed by atoms with Gasteiger partial charge in [0.05, 0.1) is 0 Å². The van der Waals surface area contributed by atoms with Crippen molar-refractivity contribution in [3.63, 3.8) is 0 Å². The second-order valence-electron chi connectivity index (χ2n) is 2.50. The molecule has 0 aliphatic carbocycles. The standard InChI is InChI=1S/C6H9O9P/c7-4(8)1-14-16(13,3-6(11)12)15-2-5(9)10/h1-3H2,(H,7,8)(H,9,10)(H,11,12). The lowest BCUT2D eigenvalue weighted by atomic mass is 10.8. The topological polar surface area (TPSA) is 147 Å². The third-order valence-electron chi connectivity index (χ3n) is 1.10. The SMILES string of the molecule is O=C(O)COP(=O)(CC(=O)O)OCC(=O)O. The van der Waals surface area contributed by atoms with E-state index < -0.39 is 44.9 Å². The zero-order valence-electron chi connectivity index (χ0n) is 7.86. The van der Waals surface area contributed by atoms with Crippen LogP contribution in [0.5, 0.6) is 0 Å². The van der Waals surface area contributed by atoms with Crippen LogP contribution in [-0.4, -0.2) is 52.6 Å². The number of carbonyl (C=O) groups is 3. The van der Waals surface area contributed by atoms with Gasteiger partial charge < -0.3 is 15.3 Å². The molecular formula is C6H9O9P. The number of hydrogen-bond acceptors (Lipinski definition) is 6. The molecule has 0 saturated carbocycles. The Kier molecular flexibility index (Phi) is 5.65. The van der Waals surface area contributed by atoms with Crippen molar-refractivity contribution in [2.45, 2.75) is 0 Å². The quantitative estimate of drug-likeness (QED) is 0.487. The highest BCUT2D eigenvalue weighted by Crippen LogP contribution is 2.47. The van der Waals surface area contributed by atoms with Gasteiger partial charge in [0.15, 0.2) is 13.2 Å². The summed E-state index contributed by atoms with van der Waals surface area (Å²) in [5, 5.41) is 24.8. The van der Waals surface area contributed by atoms with Gasteiger partial charge in [-0.15, -0.1) is 0 Å². The summed E-state index contributed by atoms with van der Waals surface area (Å²) in [4.78, 5) is 30.5. The lowest BCUT2D eigenvalue weighted by molar-refractivity contribution is -0.141. The smallest absolute Gasteiger partial charge is 0.342 e. The van der Waals surface area contributed by atoms with Gasteiger partial charge in [-0.05, 0) is 0 Å². The van der Waals surface area contributed by atoms with Crippen LogP contribution in [0.25, 0.3) is 0 Å². The van der Waals surface area contributed by atoms with Gasteiger partial charge in [-0.2, -0.15) is 0 Å². The van der Waals surface area contributed by atoms with Crippen molar-refractivity contribution in [1.29, 1.82) is 0 Å². The molecule has 0 unspecified atom stereocenters. The molecule has 0 atom stereocenters. The van der Waals surface area contributed by atoms with E-state index in [9.17, 15) is 18.9 Å². The fourth-order valence-electron chi connectivity index (χ4n) is 0.601. The maximum Gasteiger partial charge on any atom is 0.342 e. The molecule has 0 fully saturated rings. The Morgan fingerprint density at radius 2 is 1.25 bits per heavy atom. The van der Waals surface area contributed by atoms with Crippen LogP contribution in [-0.2, 0) is 28.0 Å². The number of aliphatic carboxylic acids is 3. The van der Waals surface area contributed by atoms with E-state index in [2.05, 4.69) is 9.05 Å². The van der Waals surface area contributed by atoms with Crippen molar-refractivity contribution in [2.75, 3.05) is 19.4 Å². The first kappa shape index (κ1) is 14.6. The molecule has 0 saturated heterocycles. The van der Waals surface area contributed by atoms with Crippen molar-refractivity contribution in [1.82, 2.24) is 0 Å². The molecule has 0 aliphatic rings. The summed E-state index contributed by atoms with van der Waals surface area (Å²) in [7, 11) is -4.24. The van der Waals surface area contributed by atoms with Gasteiger partial charge in [0, 0.05) is 0 Å². The molecule has 3 N–H and O–H groups in total. The molecule has 0 aromatic rings. The van der Waals surface area contributed by atoms with Crippen LogP contribution in [0.15, 0.2) is 0 Å². The van der Waals surface area contributed by atoms with E-state index in [0.29, 0.717) is 0 Å². The monoisotopic (exact) mass is 256 g/mol. The molecule has 0 rings (SSSR count). The molecule has 0 heterocycles. The zero-order valence-corrected chi connectivity index (χ0v) is 8.75. The van der Waals surface area contributed by atoms with E-state index in [1.807, 2.05) is 0 Å². The molecular weight excluding hydrogens is 247 g/mol. The summed E-state index contributed by atoms with van der Waals surface area (Å²) in [5.41, 5.74) is 0. The maximum absolute atomic E-state index is 11.5. The van der Waals surface area contributed by atoms with Crippen LogP contribution in [0.1, 0.15) is 0 Å². The lowest BCUT2D eigenvalue weighted by Crippen LogP contribution is -2.15. The van der Waals surface area contributed by atoms with E-state index in [-0.39, 0.29) is 0 Å². The summed E-state index contributed by atoms with van der Waals surface area (Å²) >= 11 is 0. The Morgan fingerprint density at radius 3 is 1.50 bits per heavy atom. The lowest BCUT2D eigenvalue weighted by Gasteiger charge is -2.14. The number of hydrogen-bond donors (Lipinski definition) is 3. The van der Waals surface area contributed by atoms with Crippen molar-refractivity contribution < 1.29 is 43.3 Å². The minimum atomic E-state index is -4.24. The number of carboxylic acids is 3. The van der Waals surface area contributed by atoms with Gasteiger partial charge in [-0.3, -0.25) is 18.4 Å². The third-order valence-corrected chi connectivity index (χ3v) is 2.80. The Morgan fingerprint density at radius 1 is 0.875 bits per heavy atom. The summed E-state index contributed by atoms with van der Waals surface area (Å²) in [6.07, 6.45) is -1.10. The summed E-state index contributed by atoms with van der Waals surface area (Å²) < 4.78 is 20.0. The van der Waals surface area contributed by atoms with E-state index >= 15 is 0 Å². The van der Waals surface area contributed by atoms with E-state index in [0.717, 1.165) is 0 Å². The molecule has 0 radical (unpaired) electrons. The Bertz CT molecular complexity index is 313. The largest absolute Gasteiger partial charge is 0.481 e. The second-order valence-corrected chi connectivity index (χ2v) is 4.55. The maximum atomic E-state index is 11.5. The van der Waals surface area contributed by atoms with Crippen LogP contribution < -0.4 is 0 Å². The minimum Gasteiger partial charge on any atom is -0.481 e. The van der Waals surface area contributed by atoms with Crippen LogP contribution in [0.3, 0.4) is 0 Å². The predicted octanol–water partition coefficient (Wildman–Crippen LogP) is -0.534. The fourth-order valence-corrected chi connectivity index (χ4v) is 1.80. The number of carboxylic acid groups (broad SMARTS) is 3. The van der Waals surface area contributed by atoms with E-state index in [1.165, 1.54) is 0 Å². The molecule has 0 aromatic carbocycles. The molecule has 0 bridgehead atoms. The Balaban J connectivity index is 4.47. The van der Waals surface area contributed by atoms with Crippen LogP contribution in [0, 0.1) is 0 Å². The summed E-state index contributed by atoms with van der Waals surface area (Å²) in [5.74, 6) is -4.52. The average molecular weight is 256 g/mol. The third kappa shape index (κ3) is 6.93. The van der Waals surface area contributed by atoms with Crippen LogP contribution in [0.2, 0.25) is 0 Å². The number of rotatable bonds is 8. The highest BCUT2D eigenvalue weighted by Gasteiger charge is 2.30. The minimum absolute atomic E-state index is 1.04. The molecule has 92 valence electrons. The first-order valence-electron chi connectivity index (χ1n) is 3.79. The van der Waals surface area contributed by atoms with Gasteiger partial charge in [-0.25, -0.2) is 9.59 Å². The van der Waals surface area contributed by atoms with Gasteiger partial charge in [0.25, 0.3) is 0 Å². The second kappa shape index (κ2) is 6.21. The summed E-state index contributed by atoms with van der Waals surface area (Å²) in [6.45, 7) is -2.08. The molecule has 0 aliphatic heterocycles. The summed E-state index contributed by atoms with van der Waals surface area (Å²) in [6, 6.07) is 0. The van der Waals surface area contributed by atoms with Gasteiger partial charge >= 0.3 is 25.5 Å². The molecule has 0 amide bonds. The van der Waals surface area contributed by atoms with Crippen molar-refractivity contribution in [3.05, 3.63) is 0 Å². The van der Waals surface area contributed by atoms with E-state index in [4.69, 9.17) is 15.3 Å². The first-order valence-corrected chi connectivity index (χ1v) is 5.51. The molecule has 0 aromatic heterocycles. The van der Waals surface area contributed by atoms with Crippen LogP contribution >= 0.6 is 7.60 Å². The van der Waals surface area contributed by atoms with Gasteiger partial charge in [0.2, 0.25) is 0 Å².